The van der Waals surface area contributed by atoms with Crippen molar-refractivity contribution < 1.29 is 0 Å². The highest BCUT2D eigenvalue weighted by atomic mass is 14.9. The molecule has 0 aliphatic heterocycles. The second kappa shape index (κ2) is 5.62. The van der Waals surface area contributed by atoms with Crippen LogP contribution in [0.1, 0.15) is 35.5 Å². The summed E-state index contributed by atoms with van der Waals surface area (Å²) in [6.07, 6.45) is 0. The van der Waals surface area contributed by atoms with Crippen LogP contribution in [0.3, 0.4) is 0 Å². The molecule has 0 amide bonds. The molecule has 0 aliphatic rings. The van der Waals surface area contributed by atoms with Gasteiger partial charge in [0.2, 0.25) is 0 Å². The van der Waals surface area contributed by atoms with E-state index in [1.165, 1.54) is 0 Å². The molecule has 1 heterocycles. The Morgan fingerprint density at radius 1 is 1.25 bits per heavy atom. The molecular weight excluding hydrogens is 248 g/mol. The largest absolute Gasteiger partial charge is 0.399 e. The number of aromatic nitrogens is 1. The Labute approximate surface area is 119 Å². The molecule has 1 unspecified atom stereocenters. The van der Waals surface area contributed by atoms with E-state index < -0.39 is 0 Å². The molecule has 0 bridgehead atoms. The zero-order valence-electron chi connectivity index (χ0n) is 11.9. The third kappa shape index (κ3) is 2.89. The number of hydrogen-bond acceptors (Lipinski definition) is 4. The van der Waals surface area contributed by atoms with Gasteiger partial charge in [0.05, 0.1) is 16.9 Å². The molecule has 4 nitrogen and oxygen atoms in total. The van der Waals surface area contributed by atoms with Crippen LogP contribution in [-0.2, 0) is 0 Å². The van der Waals surface area contributed by atoms with Gasteiger partial charge >= 0.3 is 0 Å². The van der Waals surface area contributed by atoms with Gasteiger partial charge in [0.1, 0.15) is 6.07 Å². The van der Waals surface area contributed by atoms with E-state index in [-0.39, 0.29) is 6.04 Å². The minimum Gasteiger partial charge on any atom is -0.399 e. The monoisotopic (exact) mass is 266 g/mol. The first kappa shape index (κ1) is 13.9. The van der Waals surface area contributed by atoms with E-state index in [2.05, 4.69) is 23.3 Å². The minimum atomic E-state index is 0.0869. The highest BCUT2D eigenvalue weighted by molar-refractivity contribution is 5.60. The Morgan fingerprint density at radius 3 is 2.50 bits per heavy atom. The smallest absolute Gasteiger partial charge is 0.103 e. The lowest BCUT2D eigenvalue weighted by Gasteiger charge is -2.18. The van der Waals surface area contributed by atoms with Crippen molar-refractivity contribution >= 4 is 11.4 Å². The average Bonchev–Trinajstić information content (AvgIpc) is 2.39. The number of hydrogen-bond donors (Lipinski definition) is 2. The number of nitriles is 1. The van der Waals surface area contributed by atoms with E-state index in [0.717, 1.165) is 28.3 Å². The SMILES string of the molecule is Cc1cc(NC(C)c2ccc(N)cc2)c(C#N)c(C)n1. The molecule has 0 saturated carbocycles. The van der Waals surface area contributed by atoms with Gasteiger partial charge < -0.3 is 11.1 Å². The van der Waals surface area contributed by atoms with E-state index in [9.17, 15) is 5.26 Å². The van der Waals surface area contributed by atoms with Crippen LogP contribution < -0.4 is 11.1 Å². The Hall–Kier alpha value is -2.54. The van der Waals surface area contributed by atoms with Crippen molar-refractivity contribution in [2.75, 3.05) is 11.1 Å². The first-order valence-corrected chi connectivity index (χ1v) is 6.51. The molecule has 0 aliphatic carbocycles. The number of benzene rings is 1. The van der Waals surface area contributed by atoms with Crippen molar-refractivity contribution in [2.24, 2.45) is 0 Å². The van der Waals surface area contributed by atoms with Gasteiger partial charge in [-0.15, -0.1) is 0 Å². The summed E-state index contributed by atoms with van der Waals surface area (Å²) in [5.41, 5.74) is 10.6. The number of anilines is 2. The van der Waals surface area contributed by atoms with E-state index in [4.69, 9.17) is 5.73 Å². The van der Waals surface area contributed by atoms with Crippen molar-refractivity contribution in [3.05, 3.63) is 52.8 Å². The lowest BCUT2D eigenvalue weighted by Crippen LogP contribution is -2.09. The first-order chi connectivity index (χ1) is 9.51. The van der Waals surface area contributed by atoms with E-state index >= 15 is 0 Å². The van der Waals surface area contributed by atoms with Gasteiger partial charge in [-0.05, 0) is 44.5 Å². The van der Waals surface area contributed by atoms with Gasteiger partial charge in [0, 0.05) is 17.4 Å². The summed E-state index contributed by atoms with van der Waals surface area (Å²) >= 11 is 0. The van der Waals surface area contributed by atoms with Crippen LogP contribution >= 0.6 is 0 Å². The number of nitrogen functional groups attached to an aromatic ring is 1. The quantitative estimate of drug-likeness (QED) is 0.836. The third-order valence-corrected chi connectivity index (χ3v) is 3.25. The zero-order chi connectivity index (χ0) is 14.7. The van der Waals surface area contributed by atoms with Crippen molar-refractivity contribution in [2.45, 2.75) is 26.8 Å². The number of nitrogens with two attached hydrogens (primary N) is 1. The highest BCUT2D eigenvalue weighted by Crippen LogP contribution is 2.24. The normalized spacial score (nSPS) is 11.7. The average molecular weight is 266 g/mol. The Kier molecular flexibility index (Phi) is 3.90. The summed E-state index contributed by atoms with van der Waals surface area (Å²) in [4.78, 5) is 4.32. The molecule has 4 heteroatoms. The fourth-order valence-electron chi connectivity index (χ4n) is 2.18. The minimum absolute atomic E-state index is 0.0869. The molecule has 1 aromatic carbocycles. The van der Waals surface area contributed by atoms with E-state index in [0.29, 0.717) is 5.56 Å². The molecule has 0 spiro atoms. The van der Waals surface area contributed by atoms with Gasteiger partial charge in [-0.2, -0.15) is 5.26 Å². The van der Waals surface area contributed by atoms with E-state index in [1.54, 1.807) is 0 Å². The molecule has 0 saturated heterocycles. The number of aryl methyl sites for hydroxylation is 2. The topological polar surface area (TPSA) is 74.7 Å². The third-order valence-electron chi connectivity index (χ3n) is 3.25. The molecular formula is C16H18N4. The lowest BCUT2D eigenvalue weighted by molar-refractivity contribution is 0.881. The predicted molar refractivity (Wildman–Crippen MR) is 81.3 cm³/mol. The Bertz CT molecular complexity index is 653. The van der Waals surface area contributed by atoms with Gasteiger partial charge in [-0.1, -0.05) is 12.1 Å². The highest BCUT2D eigenvalue weighted by Gasteiger charge is 2.11. The van der Waals surface area contributed by atoms with Crippen LogP contribution in [0.15, 0.2) is 30.3 Å². The van der Waals surface area contributed by atoms with Gasteiger partial charge in [-0.3, -0.25) is 4.98 Å². The molecule has 0 fully saturated rings. The number of nitrogens with zero attached hydrogens (tertiary/aromatic N) is 2. The summed E-state index contributed by atoms with van der Waals surface area (Å²) in [5, 5.41) is 12.6. The summed E-state index contributed by atoms with van der Waals surface area (Å²) < 4.78 is 0. The Balaban J connectivity index is 2.30. The van der Waals surface area contributed by atoms with Gasteiger partial charge in [-0.25, -0.2) is 0 Å². The maximum absolute atomic E-state index is 9.26. The number of pyridine rings is 1. The maximum atomic E-state index is 9.26. The maximum Gasteiger partial charge on any atom is 0.103 e. The number of nitrogens with one attached hydrogen (secondary N) is 1. The van der Waals surface area contributed by atoms with E-state index in [1.807, 2.05) is 44.2 Å². The fourth-order valence-corrected chi connectivity index (χ4v) is 2.18. The first-order valence-electron chi connectivity index (χ1n) is 6.51. The zero-order valence-corrected chi connectivity index (χ0v) is 11.9. The van der Waals surface area contributed by atoms with Crippen LogP contribution in [0.25, 0.3) is 0 Å². The number of rotatable bonds is 3. The molecule has 3 N–H and O–H groups in total. The standard InChI is InChI=1S/C16H18N4/c1-10-8-16(15(9-17)12(3)19-10)20-11(2)13-4-6-14(18)7-5-13/h4-8,11H,18H2,1-3H3,(H,19,20). The molecule has 2 rings (SSSR count). The summed E-state index contributed by atoms with van der Waals surface area (Å²) in [7, 11) is 0. The van der Waals surface area contributed by atoms with Crippen LogP contribution in [0.5, 0.6) is 0 Å². The van der Waals surface area contributed by atoms with Crippen LogP contribution in [0, 0.1) is 25.2 Å². The second-order valence-electron chi connectivity index (χ2n) is 4.92. The van der Waals surface area contributed by atoms with Gasteiger partial charge in [0.15, 0.2) is 0 Å². The van der Waals surface area contributed by atoms with Crippen LogP contribution in [0.4, 0.5) is 11.4 Å². The summed E-state index contributed by atoms with van der Waals surface area (Å²) in [6, 6.07) is 11.9. The van der Waals surface area contributed by atoms with Crippen molar-refractivity contribution in [3.8, 4) is 6.07 Å². The fraction of sp³-hybridized carbons (Fsp3) is 0.250. The van der Waals surface area contributed by atoms with Gasteiger partial charge in [0.25, 0.3) is 0 Å². The molecule has 2 aromatic rings. The predicted octanol–water partition coefficient (Wildman–Crippen LogP) is 3.33. The van der Waals surface area contributed by atoms with Crippen molar-refractivity contribution in [1.82, 2.24) is 4.98 Å². The molecule has 20 heavy (non-hydrogen) atoms. The van der Waals surface area contributed by atoms with Crippen LogP contribution in [0.2, 0.25) is 0 Å². The molecule has 1 aromatic heterocycles. The second-order valence-corrected chi connectivity index (χ2v) is 4.92. The summed E-state index contributed by atoms with van der Waals surface area (Å²) in [6.45, 7) is 5.83. The molecule has 102 valence electrons. The molecule has 1 atom stereocenters. The summed E-state index contributed by atoms with van der Waals surface area (Å²) in [5.74, 6) is 0. The lowest BCUT2D eigenvalue weighted by atomic mass is 10.1. The van der Waals surface area contributed by atoms with Crippen molar-refractivity contribution in [1.29, 1.82) is 5.26 Å². The van der Waals surface area contributed by atoms with Crippen LogP contribution in [-0.4, -0.2) is 4.98 Å². The Morgan fingerprint density at radius 2 is 1.90 bits per heavy atom. The van der Waals surface area contributed by atoms with Crippen molar-refractivity contribution in [3.63, 3.8) is 0 Å². The molecule has 0 radical (unpaired) electrons.